The molecule has 0 unspecified atom stereocenters. The lowest BCUT2D eigenvalue weighted by Gasteiger charge is -2.30. The molecule has 2 aliphatic rings. The zero-order chi connectivity index (χ0) is 56.6. The Morgan fingerprint density at radius 2 is 1.28 bits per heavy atom. The van der Waals surface area contributed by atoms with Crippen molar-refractivity contribution in [1.82, 2.24) is 61.3 Å². The number of likely N-dealkylation sites (tertiary alicyclic amines) is 2. The van der Waals surface area contributed by atoms with E-state index < -0.39 is 120 Å². The van der Waals surface area contributed by atoms with Gasteiger partial charge in [-0.05, 0) is 76.3 Å². The van der Waals surface area contributed by atoms with E-state index >= 15 is 0 Å². The molecule has 4 aromatic rings. The molecule has 2 fully saturated rings. The van der Waals surface area contributed by atoms with Crippen molar-refractivity contribution in [2.45, 2.75) is 148 Å². The van der Waals surface area contributed by atoms with Crippen LogP contribution in [0, 0.1) is 17.8 Å². The van der Waals surface area contributed by atoms with Crippen LogP contribution in [0.3, 0.4) is 0 Å². The standard InChI is InChI=1S/C54H72N12O12/c1-30(2)18-43(54(78)65-16-8-12-44(65)32(4)67)64-50(74)34(19-36-24-57-40-11-7-6-10-39(36)40)21-46(69)31(3)61-48(71)27-58-52(76)45-13-9-17-66(45)53(77)41(14-15-49(72)73)63-51(75)35(20-37-25-55-28-59-37)22-47(70)42(62-33(5)68)23-38-26-56-29-60-38/h6-7,10-11,24-26,28-31,34-35,41-45,57H,8-9,12-23,27H2,1-5H3,(H,55,59)(H,56,60)(H,58,76)(H,61,71)(H,62,68)(H,63,75)(H,64,74)(H,72,73)/t31-,34+,35+,41-,42-,43-,44-,45-/m0/s1. The van der Waals surface area contributed by atoms with E-state index in [4.69, 9.17) is 0 Å². The summed E-state index contributed by atoms with van der Waals surface area (Å²) in [6.07, 6.45) is 8.03. The first-order valence-corrected chi connectivity index (χ1v) is 26.5. The normalized spacial score (nSPS) is 17.6. The van der Waals surface area contributed by atoms with Crippen LogP contribution in [0.2, 0.25) is 0 Å². The molecule has 24 heteroatoms. The molecule has 5 heterocycles. The van der Waals surface area contributed by atoms with Gasteiger partial charge in [-0.2, -0.15) is 0 Å². The number of Topliss-reactive ketones (excluding diaryl/α,β-unsaturated/α-hetero) is 3. The first-order valence-electron chi connectivity index (χ1n) is 26.5. The predicted molar refractivity (Wildman–Crippen MR) is 281 cm³/mol. The highest BCUT2D eigenvalue weighted by Crippen LogP contribution is 2.26. The van der Waals surface area contributed by atoms with Gasteiger partial charge < -0.3 is 56.4 Å². The van der Waals surface area contributed by atoms with Crippen molar-refractivity contribution in [3.05, 3.63) is 72.5 Å². The number of aromatic nitrogens is 5. The zero-order valence-electron chi connectivity index (χ0n) is 44.7. The van der Waals surface area contributed by atoms with Crippen LogP contribution in [-0.2, 0) is 72.0 Å². The van der Waals surface area contributed by atoms with Crippen LogP contribution < -0.4 is 26.6 Å². The molecule has 3 aromatic heterocycles. The molecule has 9 N–H and O–H groups in total. The molecule has 8 atom stereocenters. The first-order chi connectivity index (χ1) is 37.2. The molecule has 0 bridgehead atoms. The second-order valence-electron chi connectivity index (χ2n) is 20.8. The largest absolute Gasteiger partial charge is 0.481 e. The zero-order valence-corrected chi connectivity index (χ0v) is 44.7. The minimum absolute atomic E-state index is 0.00786. The van der Waals surface area contributed by atoms with Gasteiger partial charge in [0.2, 0.25) is 41.4 Å². The Bertz CT molecular complexity index is 2790. The third-order valence-electron chi connectivity index (χ3n) is 14.3. The summed E-state index contributed by atoms with van der Waals surface area (Å²) in [7, 11) is 0. The van der Waals surface area contributed by atoms with Crippen molar-refractivity contribution in [3.8, 4) is 0 Å². The molecule has 420 valence electrons. The Kier molecular flexibility index (Phi) is 21.1. The van der Waals surface area contributed by atoms with E-state index in [1.54, 1.807) is 6.20 Å². The summed E-state index contributed by atoms with van der Waals surface area (Å²) < 4.78 is 0. The number of rotatable bonds is 29. The Hall–Kier alpha value is -8.05. The van der Waals surface area contributed by atoms with Gasteiger partial charge in [0, 0.05) is 98.9 Å². The maximum Gasteiger partial charge on any atom is 0.303 e. The number of H-pyrrole nitrogens is 3. The quantitative estimate of drug-likeness (QED) is 0.0371. The van der Waals surface area contributed by atoms with Gasteiger partial charge in [0.25, 0.3) is 0 Å². The third-order valence-corrected chi connectivity index (χ3v) is 14.3. The molecule has 78 heavy (non-hydrogen) atoms. The van der Waals surface area contributed by atoms with Crippen LogP contribution in [0.5, 0.6) is 0 Å². The summed E-state index contributed by atoms with van der Waals surface area (Å²) in [6.45, 7) is 7.81. The number of imidazole rings is 2. The van der Waals surface area contributed by atoms with Crippen LogP contribution in [0.15, 0.2) is 55.5 Å². The number of benzene rings is 1. The van der Waals surface area contributed by atoms with E-state index in [1.165, 1.54) is 55.6 Å². The monoisotopic (exact) mass is 1080 g/mol. The van der Waals surface area contributed by atoms with Gasteiger partial charge in [-0.25, -0.2) is 9.97 Å². The summed E-state index contributed by atoms with van der Waals surface area (Å²) in [5.41, 5.74) is 2.61. The molecule has 6 rings (SSSR count). The van der Waals surface area contributed by atoms with Gasteiger partial charge in [-0.1, -0.05) is 32.0 Å². The molecule has 2 aliphatic heterocycles. The minimum Gasteiger partial charge on any atom is -0.481 e. The lowest BCUT2D eigenvalue weighted by atomic mass is 9.90. The SMILES string of the molecule is CC(=O)N[C@@H](Cc1cnc[nH]1)C(=O)C[C@@H](Cc1cnc[nH]1)C(=O)N[C@@H](CCC(=O)O)C(=O)N1CCC[C@H]1C(=O)NCC(=O)N[C@@H](C)C(=O)C[C@@H](Cc1c[nH]c2ccccc12)C(=O)N[C@@H](CC(C)C)C(=O)N1CCC[C@H]1C(C)=O. The molecule has 7 amide bonds. The second kappa shape index (κ2) is 27.8. The fraction of sp³-hybridized carbons (Fsp3) is 0.537. The molecule has 0 radical (unpaired) electrons. The molecular formula is C54H72N12O12. The summed E-state index contributed by atoms with van der Waals surface area (Å²) in [5.74, 6) is -8.88. The van der Waals surface area contributed by atoms with E-state index in [9.17, 15) is 57.8 Å². The Balaban J connectivity index is 1.09. The number of ketones is 3. The molecule has 1 aromatic carbocycles. The number of hydrogen-bond acceptors (Lipinski definition) is 13. The number of aliphatic carboxylic acids is 1. The summed E-state index contributed by atoms with van der Waals surface area (Å²) in [4.78, 5) is 168. The van der Waals surface area contributed by atoms with Crippen LogP contribution >= 0.6 is 0 Å². The van der Waals surface area contributed by atoms with Crippen molar-refractivity contribution in [3.63, 3.8) is 0 Å². The number of para-hydroxylation sites is 1. The molecular weight excluding hydrogens is 1010 g/mol. The van der Waals surface area contributed by atoms with Crippen LogP contribution in [0.1, 0.15) is 109 Å². The number of carboxylic acid groups (broad SMARTS) is 1. The molecule has 0 aliphatic carbocycles. The smallest absolute Gasteiger partial charge is 0.303 e. The van der Waals surface area contributed by atoms with E-state index in [0.717, 1.165) is 16.5 Å². The number of nitrogens with one attached hydrogen (secondary N) is 8. The number of hydrogen-bond donors (Lipinski definition) is 9. The maximum atomic E-state index is 14.3. The maximum absolute atomic E-state index is 14.3. The third kappa shape index (κ3) is 16.5. The average Bonchev–Trinajstić information content (AvgIpc) is 4.33. The Morgan fingerprint density at radius 3 is 1.90 bits per heavy atom. The average molecular weight is 1080 g/mol. The number of nitrogens with zero attached hydrogens (tertiary/aromatic N) is 4. The van der Waals surface area contributed by atoms with Gasteiger partial charge >= 0.3 is 5.97 Å². The highest BCUT2D eigenvalue weighted by molar-refractivity contribution is 5.98. The minimum atomic E-state index is -1.44. The van der Waals surface area contributed by atoms with Gasteiger partial charge in [0.05, 0.1) is 43.2 Å². The van der Waals surface area contributed by atoms with Gasteiger partial charge in [0.15, 0.2) is 17.3 Å². The number of carboxylic acids is 1. The fourth-order valence-electron chi connectivity index (χ4n) is 10.3. The first kappa shape index (κ1) is 59.2. The number of amides is 7. The lowest BCUT2D eigenvalue weighted by Crippen LogP contribution is -2.55. The van der Waals surface area contributed by atoms with Crippen molar-refractivity contribution >= 4 is 75.6 Å². The van der Waals surface area contributed by atoms with Gasteiger partial charge in [-0.3, -0.25) is 52.7 Å². The van der Waals surface area contributed by atoms with E-state index in [1.807, 2.05) is 38.1 Å². The van der Waals surface area contributed by atoms with Crippen LogP contribution in [-0.4, -0.2) is 160 Å². The Morgan fingerprint density at radius 1 is 0.692 bits per heavy atom. The summed E-state index contributed by atoms with van der Waals surface area (Å²) in [6, 6.07) is 1.20. The highest BCUT2D eigenvalue weighted by atomic mass is 16.4. The van der Waals surface area contributed by atoms with E-state index in [2.05, 4.69) is 51.5 Å². The Labute approximate surface area is 451 Å². The lowest BCUT2D eigenvalue weighted by molar-refractivity contribution is -0.143. The number of aromatic amines is 3. The van der Waals surface area contributed by atoms with Crippen molar-refractivity contribution in [1.29, 1.82) is 0 Å². The highest BCUT2D eigenvalue weighted by Gasteiger charge is 2.41. The summed E-state index contributed by atoms with van der Waals surface area (Å²) in [5, 5.41) is 23.8. The predicted octanol–water partition coefficient (Wildman–Crippen LogP) is 1.37. The van der Waals surface area contributed by atoms with Crippen LogP contribution in [0.25, 0.3) is 10.9 Å². The van der Waals surface area contributed by atoms with Gasteiger partial charge in [0.1, 0.15) is 18.1 Å². The molecule has 0 saturated carbocycles. The molecule has 0 spiro atoms. The van der Waals surface area contributed by atoms with Gasteiger partial charge in [-0.15, -0.1) is 0 Å². The van der Waals surface area contributed by atoms with Crippen molar-refractivity contribution in [2.24, 2.45) is 17.8 Å². The van der Waals surface area contributed by atoms with Crippen molar-refractivity contribution in [2.75, 3.05) is 19.6 Å². The fourth-order valence-corrected chi connectivity index (χ4v) is 10.3. The topological polar surface area (TPSA) is 348 Å². The molecule has 2 saturated heterocycles. The number of carbonyl (C=O) groups excluding carboxylic acids is 10. The number of carbonyl (C=O) groups is 11. The van der Waals surface area contributed by atoms with Crippen molar-refractivity contribution < 1.29 is 57.8 Å². The number of fused-ring (bicyclic) bond motifs is 1. The van der Waals surface area contributed by atoms with Crippen LogP contribution in [0.4, 0.5) is 0 Å². The van der Waals surface area contributed by atoms with E-state index in [0.29, 0.717) is 43.6 Å². The second-order valence-corrected chi connectivity index (χ2v) is 20.8. The van der Waals surface area contributed by atoms with E-state index in [-0.39, 0.29) is 62.7 Å². The summed E-state index contributed by atoms with van der Waals surface area (Å²) >= 11 is 0. The molecule has 24 nitrogen and oxygen atoms in total.